The van der Waals surface area contributed by atoms with Gasteiger partial charge in [0.05, 0.1) is 10.6 Å². The summed E-state index contributed by atoms with van der Waals surface area (Å²) in [6.45, 7) is 5.60. The van der Waals surface area contributed by atoms with Gasteiger partial charge >= 0.3 is 5.97 Å². The lowest BCUT2D eigenvalue weighted by Crippen LogP contribution is -2.13. The zero-order chi connectivity index (χ0) is 21.2. The molecular weight excluding hydrogens is 408 g/mol. The summed E-state index contributed by atoms with van der Waals surface area (Å²) in [7, 11) is -3.71. The monoisotopic (exact) mass is 430 g/mol. The molecule has 2 N–H and O–H groups in total. The van der Waals surface area contributed by atoms with Crippen LogP contribution in [0.15, 0.2) is 69.3 Å². The van der Waals surface area contributed by atoms with Crippen LogP contribution >= 0.6 is 11.8 Å². The molecule has 0 fully saturated rings. The minimum Gasteiger partial charge on any atom is -0.480 e. The number of nitrogens with zero attached hydrogens (tertiary/aromatic N) is 1. The Kier molecular flexibility index (Phi) is 6.04. The van der Waals surface area contributed by atoms with Crippen molar-refractivity contribution in [3.63, 3.8) is 0 Å². The van der Waals surface area contributed by atoms with Crippen LogP contribution in [0.25, 0.3) is 0 Å². The van der Waals surface area contributed by atoms with E-state index in [0.29, 0.717) is 5.69 Å². The Morgan fingerprint density at radius 1 is 1.00 bits per heavy atom. The normalized spacial score (nSPS) is 11.4. The molecule has 0 unspecified atom stereocenters. The summed E-state index contributed by atoms with van der Waals surface area (Å²) in [5.74, 6) is -0.904. The Balaban J connectivity index is 1.96. The topological polar surface area (TPSA) is 88.4 Å². The quantitative estimate of drug-likeness (QED) is 0.578. The fraction of sp³-hybridized carbons (Fsp3) is 0.190. The van der Waals surface area contributed by atoms with E-state index in [2.05, 4.69) is 4.72 Å². The van der Waals surface area contributed by atoms with Gasteiger partial charge in [0.1, 0.15) is 6.54 Å². The van der Waals surface area contributed by atoms with Gasteiger partial charge in [-0.2, -0.15) is 0 Å². The number of benzene rings is 2. The number of sulfonamides is 1. The number of rotatable bonds is 7. The van der Waals surface area contributed by atoms with Gasteiger partial charge in [0.25, 0.3) is 10.0 Å². The van der Waals surface area contributed by atoms with Crippen molar-refractivity contribution in [1.82, 2.24) is 4.57 Å². The third-order valence-corrected chi connectivity index (χ3v) is 7.47. The van der Waals surface area contributed by atoms with Gasteiger partial charge in [0.15, 0.2) is 0 Å². The lowest BCUT2D eigenvalue weighted by atomic mass is 10.3. The minimum absolute atomic E-state index is 0.110. The molecule has 2 aromatic carbocycles. The molecule has 0 radical (unpaired) electrons. The van der Waals surface area contributed by atoms with Crippen LogP contribution in [-0.2, 0) is 21.4 Å². The standard InChI is InChI=1S/C21H22N2O4S2/c1-14-15(2)23(13-20(24)25)16(3)21(14)28-19-12-8-7-11-18(19)22-29(26,27)17-9-5-4-6-10-17/h4-12,22H,13H2,1-3H3,(H,24,25). The number of carbonyl (C=O) groups is 1. The fourth-order valence-electron chi connectivity index (χ4n) is 3.09. The van der Waals surface area contributed by atoms with Crippen molar-refractivity contribution in [2.24, 2.45) is 0 Å². The second-order valence-corrected chi connectivity index (χ2v) is 9.36. The third kappa shape index (κ3) is 4.49. The summed E-state index contributed by atoms with van der Waals surface area (Å²) in [6.07, 6.45) is 0. The summed E-state index contributed by atoms with van der Waals surface area (Å²) in [5.41, 5.74) is 3.18. The molecule has 0 spiro atoms. The minimum atomic E-state index is -3.71. The largest absolute Gasteiger partial charge is 0.480 e. The highest BCUT2D eigenvalue weighted by Gasteiger charge is 2.20. The summed E-state index contributed by atoms with van der Waals surface area (Å²) < 4.78 is 29.9. The Morgan fingerprint density at radius 2 is 1.62 bits per heavy atom. The highest BCUT2D eigenvalue weighted by atomic mass is 32.2. The smallest absolute Gasteiger partial charge is 0.323 e. The molecule has 0 aliphatic rings. The first kappa shape index (κ1) is 21.0. The van der Waals surface area contributed by atoms with Crippen LogP contribution in [0.1, 0.15) is 17.0 Å². The van der Waals surface area contributed by atoms with E-state index >= 15 is 0 Å². The summed E-state index contributed by atoms with van der Waals surface area (Å²) in [6, 6.07) is 15.4. The van der Waals surface area contributed by atoms with E-state index in [4.69, 9.17) is 0 Å². The predicted octanol–water partition coefficient (Wildman–Crippen LogP) is 4.45. The molecule has 0 aliphatic carbocycles. The zero-order valence-corrected chi connectivity index (χ0v) is 18.0. The third-order valence-electron chi connectivity index (χ3n) is 4.71. The number of aliphatic carboxylic acids is 1. The zero-order valence-electron chi connectivity index (χ0n) is 16.3. The highest BCUT2D eigenvalue weighted by Crippen LogP contribution is 2.39. The summed E-state index contributed by atoms with van der Waals surface area (Å²) >= 11 is 1.42. The van der Waals surface area contributed by atoms with Crippen molar-refractivity contribution in [2.45, 2.75) is 42.0 Å². The molecule has 0 bridgehead atoms. The van der Waals surface area contributed by atoms with Crippen LogP contribution < -0.4 is 4.72 Å². The first-order chi connectivity index (χ1) is 13.7. The summed E-state index contributed by atoms with van der Waals surface area (Å²) in [5, 5.41) is 9.18. The molecular formula is C21H22N2O4S2. The predicted molar refractivity (Wildman–Crippen MR) is 114 cm³/mol. The highest BCUT2D eigenvalue weighted by molar-refractivity contribution is 7.99. The van der Waals surface area contributed by atoms with Crippen molar-refractivity contribution in [3.8, 4) is 0 Å². The number of nitrogens with one attached hydrogen (secondary N) is 1. The first-order valence-electron chi connectivity index (χ1n) is 8.93. The Bertz CT molecular complexity index is 1150. The van der Waals surface area contributed by atoms with Crippen molar-refractivity contribution in [2.75, 3.05) is 4.72 Å². The molecule has 0 aliphatic heterocycles. The average molecular weight is 431 g/mol. The molecule has 0 saturated carbocycles. The van der Waals surface area contributed by atoms with Gasteiger partial charge in [0.2, 0.25) is 0 Å². The van der Waals surface area contributed by atoms with Crippen molar-refractivity contribution in [3.05, 3.63) is 71.5 Å². The van der Waals surface area contributed by atoms with Crippen molar-refractivity contribution >= 4 is 33.4 Å². The van der Waals surface area contributed by atoms with E-state index in [1.165, 1.54) is 11.8 Å². The maximum absolute atomic E-state index is 12.7. The Morgan fingerprint density at radius 3 is 2.28 bits per heavy atom. The molecule has 29 heavy (non-hydrogen) atoms. The molecule has 0 saturated heterocycles. The van der Waals surface area contributed by atoms with E-state index in [1.54, 1.807) is 47.0 Å². The molecule has 152 valence electrons. The van der Waals surface area contributed by atoms with E-state index in [1.807, 2.05) is 32.9 Å². The van der Waals surface area contributed by atoms with Crippen molar-refractivity contribution in [1.29, 1.82) is 0 Å². The first-order valence-corrected chi connectivity index (χ1v) is 11.2. The molecule has 3 rings (SSSR count). The maximum Gasteiger partial charge on any atom is 0.323 e. The van der Waals surface area contributed by atoms with Gasteiger partial charge in [0, 0.05) is 21.2 Å². The molecule has 1 heterocycles. The summed E-state index contributed by atoms with van der Waals surface area (Å²) in [4.78, 5) is 13.1. The number of para-hydroxylation sites is 1. The van der Waals surface area contributed by atoms with Gasteiger partial charge in [-0.05, 0) is 50.6 Å². The average Bonchev–Trinajstić information content (AvgIpc) is 2.88. The second kappa shape index (κ2) is 8.34. The van der Waals surface area contributed by atoms with E-state index in [0.717, 1.165) is 26.7 Å². The number of carboxylic acid groups (broad SMARTS) is 1. The molecule has 0 amide bonds. The number of hydrogen-bond acceptors (Lipinski definition) is 4. The van der Waals surface area contributed by atoms with Crippen LogP contribution in [0.5, 0.6) is 0 Å². The van der Waals surface area contributed by atoms with Crippen LogP contribution in [-0.4, -0.2) is 24.1 Å². The molecule has 8 heteroatoms. The lowest BCUT2D eigenvalue weighted by Gasteiger charge is -2.13. The number of aromatic nitrogens is 1. The van der Waals surface area contributed by atoms with Crippen LogP contribution in [0, 0.1) is 20.8 Å². The van der Waals surface area contributed by atoms with Gasteiger partial charge < -0.3 is 9.67 Å². The number of carboxylic acids is 1. The number of hydrogen-bond donors (Lipinski definition) is 2. The van der Waals surface area contributed by atoms with Crippen LogP contribution in [0.2, 0.25) is 0 Å². The van der Waals surface area contributed by atoms with Gasteiger partial charge in [-0.1, -0.05) is 42.1 Å². The Hall–Kier alpha value is -2.71. The van der Waals surface area contributed by atoms with Crippen molar-refractivity contribution < 1.29 is 18.3 Å². The second-order valence-electron chi connectivity index (χ2n) is 6.62. The van der Waals surface area contributed by atoms with Gasteiger partial charge in [-0.15, -0.1) is 0 Å². The van der Waals surface area contributed by atoms with Crippen LogP contribution in [0.4, 0.5) is 5.69 Å². The van der Waals surface area contributed by atoms with Crippen LogP contribution in [0.3, 0.4) is 0 Å². The maximum atomic E-state index is 12.7. The van der Waals surface area contributed by atoms with Gasteiger partial charge in [-0.3, -0.25) is 9.52 Å². The van der Waals surface area contributed by atoms with Gasteiger partial charge in [-0.25, -0.2) is 8.42 Å². The Labute approximate surface area is 174 Å². The number of anilines is 1. The SMILES string of the molecule is Cc1c(Sc2ccccc2NS(=O)(=O)c2ccccc2)c(C)n(CC(=O)O)c1C. The fourth-order valence-corrected chi connectivity index (χ4v) is 5.41. The lowest BCUT2D eigenvalue weighted by molar-refractivity contribution is -0.137. The van der Waals surface area contributed by atoms with E-state index in [9.17, 15) is 18.3 Å². The molecule has 0 atom stereocenters. The van der Waals surface area contributed by atoms with E-state index < -0.39 is 16.0 Å². The molecule has 3 aromatic rings. The molecule has 6 nitrogen and oxygen atoms in total. The van der Waals surface area contributed by atoms with E-state index in [-0.39, 0.29) is 11.4 Å². The molecule has 1 aromatic heterocycles.